The molecule has 0 aliphatic heterocycles. The second-order valence-electron chi connectivity index (χ2n) is 5.37. The molecule has 23 heavy (non-hydrogen) atoms. The number of hydrazone groups is 1. The van der Waals surface area contributed by atoms with Crippen molar-refractivity contribution in [3.63, 3.8) is 0 Å². The molecule has 2 rings (SSSR count). The van der Waals surface area contributed by atoms with Gasteiger partial charge in [0, 0.05) is 5.56 Å². The Labute approximate surface area is 144 Å². The van der Waals surface area contributed by atoms with Gasteiger partial charge >= 0.3 is 0 Å². The Bertz CT molecular complexity index is 709. The summed E-state index contributed by atoms with van der Waals surface area (Å²) in [5, 5.41) is 3.99. The number of carbonyl (C=O) groups excluding carboxylic acids is 1. The van der Waals surface area contributed by atoms with Crippen molar-refractivity contribution >= 4 is 28.1 Å². The third kappa shape index (κ3) is 4.66. The minimum absolute atomic E-state index is 0.275. The zero-order valence-corrected chi connectivity index (χ0v) is 14.9. The predicted molar refractivity (Wildman–Crippen MR) is 96.3 cm³/mol. The summed E-state index contributed by atoms with van der Waals surface area (Å²) in [5.74, 6) is 0.896. The largest absolute Gasteiger partial charge is 0.496 e. The Kier molecular flexibility index (Phi) is 5.93. The molecule has 0 aromatic heterocycles. The summed E-state index contributed by atoms with van der Waals surface area (Å²) in [7, 11) is 1.58. The molecule has 0 aliphatic carbocycles. The Balaban J connectivity index is 1.99. The second-order valence-corrected chi connectivity index (χ2v) is 6.22. The highest BCUT2D eigenvalue weighted by Crippen LogP contribution is 2.25. The van der Waals surface area contributed by atoms with Gasteiger partial charge in [0.15, 0.2) is 0 Å². The number of rotatable bonds is 5. The summed E-state index contributed by atoms with van der Waals surface area (Å²) in [5.41, 5.74) is 5.23. The summed E-state index contributed by atoms with van der Waals surface area (Å²) in [6.45, 7) is 4.30. The van der Waals surface area contributed by atoms with Crippen LogP contribution in [-0.2, 0) is 0 Å². The van der Waals surface area contributed by atoms with Crippen LogP contribution in [0.3, 0.4) is 0 Å². The van der Waals surface area contributed by atoms with E-state index in [4.69, 9.17) is 4.74 Å². The first kappa shape index (κ1) is 17.2. The van der Waals surface area contributed by atoms with Crippen molar-refractivity contribution in [2.24, 2.45) is 5.10 Å². The molecule has 2 aromatic rings. The van der Waals surface area contributed by atoms with E-state index < -0.39 is 0 Å². The van der Waals surface area contributed by atoms with E-state index in [0.717, 1.165) is 10.0 Å². The van der Waals surface area contributed by atoms with Gasteiger partial charge in [0.25, 0.3) is 5.91 Å². The van der Waals surface area contributed by atoms with E-state index in [1.165, 1.54) is 5.56 Å². The molecule has 0 atom stereocenters. The average Bonchev–Trinajstić information content (AvgIpc) is 2.55. The van der Waals surface area contributed by atoms with Crippen LogP contribution < -0.4 is 10.2 Å². The molecular formula is C18H19BrN2O2. The molecule has 0 radical (unpaired) electrons. The molecule has 0 bridgehead atoms. The van der Waals surface area contributed by atoms with Crippen molar-refractivity contribution in [3.8, 4) is 5.75 Å². The third-order valence-electron chi connectivity index (χ3n) is 3.40. The molecule has 120 valence electrons. The smallest absolute Gasteiger partial charge is 0.271 e. The van der Waals surface area contributed by atoms with Crippen molar-refractivity contribution in [3.05, 3.63) is 63.6 Å². The van der Waals surface area contributed by atoms with Gasteiger partial charge in [-0.05, 0) is 51.2 Å². The van der Waals surface area contributed by atoms with Crippen LogP contribution in [0.4, 0.5) is 0 Å². The average molecular weight is 375 g/mol. The molecule has 0 fully saturated rings. The van der Waals surface area contributed by atoms with Crippen molar-refractivity contribution in [1.82, 2.24) is 5.43 Å². The van der Waals surface area contributed by atoms with Crippen LogP contribution in [0.1, 0.15) is 41.3 Å². The number of nitrogens with one attached hydrogen (secondary N) is 1. The molecule has 0 saturated heterocycles. The lowest BCUT2D eigenvalue weighted by molar-refractivity contribution is 0.0955. The van der Waals surface area contributed by atoms with Crippen molar-refractivity contribution < 1.29 is 9.53 Å². The summed E-state index contributed by atoms with van der Waals surface area (Å²) in [6.07, 6.45) is 1.63. The summed E-state index contributed by atoms with van der Waals surface area (Å²) < 4.78 is 5.86. The number of amides is 1. The first-order valence-electron chi connectivity index (χ1n) is 7.28. The first-order chi connectivity index (χ1) is 11.0. The monoisotopic (exact) mass is 374 g/mol. The van der Waals surface area contributed by atoms with Gasteiger partial charge in [-0.2, -0.15) is 5.10 Å². The van der Waals surface area contributed by atoms with Crippen LogP contribution in [0.15, 0.2) is 52.0 Å². The normalized spacial score (nSPS) is 11.0. The molecule has 0 heterocycles. The maximum atomic E-state index is 12.0. The summed E-state index contributed by atoms with van der Waals surface area (Å²) in [4.78, 5) is 12.0. The van der Waals surface area contributed by atoms with E-state index >= 15 is 0 Å². The van der Waals surface area contributed by atoms with Crippen LogP contribution in [0, 0.1) is 0 Å². The number of halogens is 1. The number of hydrogen-bond acceptors (Lipinski definition) is 3. The number of hydrogen-bond donors (Lipinski definition) is 1. The van der Waals surface area contributed by atoms with E-state index in [0.29, 0.717) is 17.2 Å². The molecule has 4 nitrogen and oxygen atoms in total. The van der Waals surface area contributed by atoms with Gasteiger partial charge < -0.3 is 4.74 Å². The quantitative estimate of drug-likeness (QED) is 0.624. The molecule has 0 aliphatic rings. The van der Waals surface area contributed by atoms with Crippen LogP contribution in [0.2, 0.25) is 0 Å². The third-order valence-corrected chi connectivity index (χ3v) is 4.02. The minimum Gasteiger partial charge on any atom is -0.496 e. The molecule has 0 saturated carbocycles. The summed E-state index contributed by atoms with van der Waals surface area (Å²) in [6, 6.07) is 13.2. The number of nitrogens with zero attached hydrogens (tertiary/aromatic N) is 1. The maximum absolute atomic E-state index is 12.0. The van der Waals surface area contributed by atoms with Crippen LogP contribution in [-0.4, -0.2) is 19.2 Å². The Hall–Kier alpha value is -2.14. The highest BCUT2D eigenvalue weighted by molar-refractivity contribution is 9.10. The Morgan fingerprint density at radius 1 is 1.22 bits per heavy atom. The van der Waals surface area contributed by atoms with E-state index in [1.54, 1.807) is 31.5 Å². The molecule has 5 heteroatoms. The molecule has 2 aromatic carbocycles. The topological polar surface area (TPSA) is 50.7 Å². The van der Waals surface area contributed by atoms with Gasteiger partial charge in [-0.1, -0.05) is 38.1 Å². The lowest BCUT2D eigenvalue weighted by Gasteiger charge is -2.05. The lowest BCUT2D eigenvalue weighted by Crippen LogP contribution is -2.17. The van der Waals surface area contributed by atoms with Crippen molar-refractivity contribution in [1.29, 1.82) is 0 Å². The molecular weight excluding hydrogens is 356 g/mol. The van der Waals surface area contributed by atoms with Gasteiger partial charge in [0.1, 0.15) is 5.75 Å². The van der Waals surface area contributed by atoms with Crippen LogP contribution in [0.25, 0.3) is 0 Å². The standard InChI is InChI=1S/C18H19BrN2O2/c1-12(2)14-6-4-13(5-7-14)11-20-21-18(22)15-8-9-17(23-3)16(19)10-15/h4-12H,1-3H3,(H,21,22). The highest BCUT2D eigenvalue weighted by Gasteiger charge is 2.07. The van der Waals surface area contributed by atoms with Crippen LogP contribution in [0.5, 0.6) is 5.75 Å². The van der Waals surface area contributed by atoms with Gasteiger partial charge in [-0.15, -0.1) is 0 Å². The van der Waals surface area contributed by atoms with Crippen LogP contribution >= 0.6 is 15.9 Å². The fourth-order valence-electron chi connectivity index (χ4n) is 2.00. The molecule has 1 amide bonds. The Morgan fingerprint density at radius 2 is 1.91 bits per heavy atom. The number of methoxy groups -OCH3 is 1. The fraction of sp³-hybridized carbons (Fsp3) is 0.222. The van der Waals surface area contributed by atoms with E-state index in [9.17, 15) is 4.79 Å². The second kappa shape index (κ2) is 7.92. The molecule has 0 spiro atoms. The predicted octanol–water partition coefficient (Wildman–Crippen LogP) is 4.35. The first-order valence-corrected chi connectivity index (χ1v) is 8.07. The zero-order valence-electron chi connectivity index (χ0n) is 13.3. The van der Waals surface area contributed by atoms with Crippen molar-refractivity contribution in [2.75, 3.05) is 7.11 Å². The number of carbonyl (C=O) groups is 1. The molecule has 0 unspecified atom stereocenters. The summed E-state index contributed by atoms with van der Waals surface area (Å²) >= 11 is 3.36. The fourth-order valence-corrected chi connectivity index (χ4v) is 2.55. The highest BCUT2D eigenvalue weighted by atomic mass is 79.9. The maximum Gasteiger partial charge on any atom is 0.271 e. The van der Waals surface area contributed by atoms with E-state index in [-0.39, 0.29) is 5.91 Å². The minimum atomic E-state index is -0.275. The van der Waals surface area contributed by atoms with Gasteiger partial charge in [0.2, 0.25) is 0 Å². The Morgan fingerprint density at radius 3 is 2.48 bits per heavy atom. The van der Waals surface area contributed by atoms with Gasteiger partial charge in [-0.25, -0.2) is 5.43 Å². The molecule has 1 N–H and O–H groups in total. The van der Waals surface area contributed by atoms with E-state index in [1.807, 2.05) is 12.1 Å². The van der Waals surface area contributed by atoms with Gasteiger partial charge in [-0.3, -0.25) is 4.79 Å². The SMILES string of the molecule is COc1ccc(C(=O)NN=Cc2ccc(C(C)C)cc2)cc1Br. The van der Waals surface area contributed by atoms with E-state index in [2.05, 4.69) is 52.4 Å². The number of benzene rings is 2. The number of ether oxygens (including phenoxy) is 1. The zero-order chi connectivity index (χ0) is 16.8. The van der Waals surface area contributed by atoms with Crippen molar-refractivity contribution in [2.45, 2.75) is 19.8 Å². The lowest BCUT2D eigenvalue weighted by atomic mass is 10.0. The van der Waals surface area contributed by atoms with Gasteiger partial charge in [0.05, 0.1) is 17.8 Å².